The second kappa shape index (κ2) is 6.36. The maximum atomic E-state index is 8.69. The molecule has 1 saturated carbocycles. The van der Waals surface area contributed by atoms with E-state index in [1.54, 1.807) is 12.4 Å². The van der Waals surface area contributed by atoms with Crippen LogP contribution in [-0.4, -0.2) is 34.8 Å². The van der Waals surface area contributed by atoms with Crippen molar-refractivity contribution in [1.29, 1.82) is 0 Å². The van der Waals surface area contributed by atoms with Gasteiger partial charge in [0.1, 0.15) is 6.61 Å². The third kappa shape index (κ3) is 3.21. The summed E-state index contributed by atoms with van der Waals surface area (Å²) in [6.45, 7) is -0.0301. The van der Waals surface area contributed by atoms with Crippen LogP contribution in [0.2, 0.25) is 0 Å². The molecule has 0 aromatic carbocycles. The SMILES string of the molecule is CN(c1ncccn1)C1CCC(C#CCO)CC1. The first-order valence-electron chi connectivity index (χ1n) is 6.40. The van der Waals surface area contributed by atoms with Gasteiger partial charge in [-0.25, -0.2) is 9.97 Å². The number of anilines is 1. The topological polar surface area (TPSA) is 49.2 Å². The Morgan fingerprint density at radius 1 is 1.28 bits per heavy atom. The summed E-state index contributed by atoms with van der Waals surface area (Å²) in [5, 5.41) is 8.69. The molecule has 1 heterocycles. The molecule has 0 bridgehead atoms. The lowest BCUT2D eigenvalue weighted by Gasteiger charge is -2.33. The number of aliphatic hydroxyl groups excluding tert-OH is 1. The largest absolute Gasteiger partial charge is 0.384 e. The monoisotopic (exact) mass is 245 g/mol. The van der Waals surface area contributed by atoms with Crippen molar-refractivity contribution in [2.75, 3.05) is 18.6 Å². The second-order valence-electron chi connectivity index (χ2n) is 4.64. The Morgan fingerprint density at radius 2 is 1.94 bits per heavy atom. The lowest BCUT2D eigenvalue weighted by Crippen LogP contribution is -2.36. The first kappa shape index (κ1) is 12.8. The van der Waals surface area contributed by atoms with Crippen LogP contribution in [0, 0.1) is 17.8 Å². The van der Waals surface area contributed by atoms with E-state index in [0.29, 0.717) is 12.0 Å². The molecule has 1 aromatic heterocycles. The van der Waals surface area contributed by atoms with Gasteiger partial charge < -0.3 is 10.0 Å². The molecule has 18 heavy (non-hydrogen) atoms. The minimum absolute atomic E-state index is 0.0301. The summed E-state index contributed by atoms with van der Waals surface area (Å²) in [6, 6.07) is 2.33. The average molecular weight is 245 g/mol. The molecule has 0 unspecified atom stereocenters. The Bertz CT molecular complexity index is 416. The number of hydrogen-bond donors (Lipinski definition) is 1. The fourth-order valence-electron chi connectivity index (χ4n) is 2.43. The molecule has 0 amide bonds. The lowest BCUT2D eigenvalue weighted by atomic mass is 9.86. The highest BCUT2D eigenvalue weighted by atomic mass is 16.2. The Balaban J connectivity index is 1.90. The van der Waals surface area contributed by atoms with E-state index >= 15 is 0 Å². The van der Waals surface area contributed by atoms with Crippen LogP contribution < -0.4 is 4.90 Å². The summed E-state index contributed by atoms with van der Waals surface area (Å²) >= 11 is 0. The Kier molecular flexibility index (Phi) is 4.54. The highest BCUT2D eigenvalue weighted by Crippen LogP contribution is 2.27. The quantitative estimate of drug-likeness (QED) is 0.802. The van der Waals surface area contributed by atoms with Gasteiger partial charge in [-0.05, 0) is 31.7 Å². The number of hydrogen-bond acceptors (Lipinski definition) is 4. The van der Waals surface area contributed by atoms with Crippen molar-refractivity contribution in [2.24, 2.45) is 5.92 Å². The van der Waals surface area contributed by atoms with Gasteiger partial charge in [-0.2, -0.15) is 0 Å². The van der Waals surface area contributed by atoms with E-state index in [-0.39, 0.29) is 6.61 Å². The van der Waals surface area contributed by atoms with Gasteiger partial charge in [0.2, 0.25) is 5.95 Å². The molecule has 4 heteroatoms. The van der Waals surface area contributed by atoms with Gasteiger partial charge in [0.15, 0.2) is 0 Å². The molecule has 1 aromatic rings. The standard InChI is InChI=1S/C14H19N3O/c1-17(14-15-9-3-10-16-14)13-7-5-12(6-8-13)4-2-11-18/h3,9-10,12-13,18H,5-8,11H2,1H3. The predicted molar refractivity (Wildman–Crippen MR) is 71.0 cm³/mol. The van der Waals surface area contributed by atoms with E-state index in [0.717, 1.165) is 31.6 Å². The molecule has 0 atom stereocenters. The molecule has 0 aliphatic heterocycles. The van der Waals surface area contributed by atoms with Crippen molar-refractivity contribution in [3.63, 3.8) is 0 Å². The summed E-state index contributed by atoms with van der Waals surface area (Å²) in [5.41, 5.74) is 0. The Morgan fingerprint density at radius 3 is 2.56 bits per heavy atom. The fourth-order valence-corrected chi connectivity index (χ4v) is 2.43. The van der Waals surface area contributed by atoms with Crippen LogP contribution in [0.4, 0.5) is 5.95 Å². The second-order valence-corrected chi connectivity index (χ2v) is 4.64. The highest BCUT2D eigenvalue weighted by molar-refractivity contribution is 5.29. The van der Waals surface area contributed by atoms with Crippen molar-refractivity contribution < 1.29 is 5.11 Å². The van der Waals surface area contributed by atoms with Crippen LogP contribution in [0.5, 0.6) is 0 Å². The van der Waals surface area contributed by atoms with Gasteiger partial charge >= 0.3 is 0 Å². The van der Waals surface area contributed by atoms with Crippen LogP contribution in [0.15, 0.2) is 18.5 Å². The Hall–Kier alpha value is -1.60. The first-order valence-corrected chi connectivity index (χ1v) is 6.40. The summed E-state index contributed by atoms with van der Waals surface area (Å²) in [7, 11) is 2.06. The van der Waals surface area contributed by atoms with Crippen LogP contribution in [-0.2, 0) is 0 Å². The molecule has 2 rings (SSSR count). The number of nitrogens with zero attached hydrogens (tertiary/aromatic N) is 3. The van der Waals surface area contributed by atoms with Crippen LogP contribution in [0.3, 0.4) is 0 Å². The minimum atomic E-state index is -0.0301. The van der Waals surface area contributed by atoms with Crippen molar-refractivity contribution >= 4 is 5.95 Å². The van der Waals surface area contributed by atoms with E-state index in [4.69, 9.17) is 5.11 Å². The average Bonchev–Trinajstić information content (AvgIpc) is 2.46. The molecule has 1 fully saturated rings. The zero-order chi connectivity index (χ0) is 12.8. The molecule has 1 aliphatic rings. The van der Waals surface area contributed by atoms with Gasteiger partial charge in [-0.1, -0.05) is 11.8 Å². The van der Waals surface area contributed by atoms with Crippen LogP contribution >= 0.6 is 0 Å². The van der Waals surface area contributed by atoms with Gasteiger partial charge in [0.05, 0.1) is 0 Å². The summed E-state index contributed by atoms with van der Waals surface area (Å²) in [4.78, 5) is 10.7. The summed E-state index contributed by atoms with van der Waals surface area (Å²) < 4.78 is 0. The van der Waals surface area contributed by atoms with E-state index in [2.05, 4.69) is 33.8 Å². The van der Waals surface area contributed by atoms with Crippen molar-refractivity contribution in [1.82, 2.24) is 9.97 Å². The molecular formula is C14H19N3O. The first-order chi connectivity index (χ1) is 8.81. The number of rotatable bonds is 2. The number of aliphatic hydroxyl groups is 1. The highest BCUT2D eigenvalue weighted by Gasteiger charge is 2.24. The normalized spacial score (nSPS) is 23.0. The van der Waals surface area contributed by atoms with Crippen LogP contribution in [0.25, 0.3) is 0 Å². The molecule has 0 spiro atoms. The van der Waals surface area contributed by atoms with E-state index < -0.39 is 0 Å². The molecule has 1 N–H and O–H groups in total. The summed E-state index contributed by atoms with van der Waals surface area (Å²) in [6.07, 6.45) is 7.96. The third-order valence-electron chi connectivity index (χ3n) is 3.50. The van der Waals surface area contributed by atoms with E-state index in [9.17, 15) is 0 Å². The minimum Gasteiger partial charge on any atom is -0.384 e. The zero-order valence-electron chi connectivity index (χ0n) is 10.7. The molecule has 96 valence electrons. The molecule has 4 nitrogen and oxygen atoms in total. The van der Waals surface area contributed by atoms with Crippen molar-refractivity contribution in [3.05, 3.63) is 18.5 Å². The Labute approximate surface area is 108 Å². The molecule has 0 radical (unpaired) electrons. The van der Waals surface area contributed by atoms with Gasteiger partial charge in [-0.15, -0.1) is 0 Å². The van der Waals surface area contributed by atoms with Gasteiger partial charge in [-0.3, -0.25) is 0 Å². The fraction of sp³-hybridized carbons (Fsp3) is 0.571. The van der Waals surface area contributed by atoms with E-state index in [1.807, 2.05) is 6.07 Å². The summed E-state index contributed by atoms with van der Waals surface area (Å²) in [5.74, 6) is 7.12. The van der Waals surface area contributed by atoms with Crippen LogP contribution in [0.1, 0.15) is 25.7 Å². The van der Waals surface area contributed by atoms with Gasteiger partial charge in [0.25, 0.3) is 0 Å². The molecule has 0 saturated heterocycles. The van der Waals surface area contributed by atoms with Crippen molar-refractivity contribution in [2.45, 2.75) is 31.7 Å². The van der Waals surface area contributed by atoms with E-state index in [1.165, 1.54) is 0 Å². The number of aromatic nitrogens is 2. The predicted octanol–water partition coefficient (Wildman–Crippen LogP) is 1.47. The lowest BCUT2D eigenvalue weighted by molar-refractivity contribution is 0.347. The smallest absolute Gasteiger partial charge is 0.225 e. The maximum absolute atomic E-state index is 8.69. The van der Waals surface area contributed by atoms with Crippen molar-refractivity contribution in [3.8, 4) is 11.8 Å². The third-order valence-corrected chi connectivity index (χ3v) is 3.50. The van der Waals surface area contributed by atoms with Gasteiger partial charge in [0, 0.05) is 31.4 Å². The zero-order valence-corrected chi connectivity index (χ0v) is 10.7. The molecular weight excluding hydrogens is 226 g/mol. The molecule has 1 aliphatic carbocycles. The maximum Gasteiger partial charge on any atom is 0.225 e.